The van der Waals surface area contributed by atoms with E-state index >= 15 is 0 Å². The van der Waals surface area contributed by atoms with Crippen LogP contribution in [0.15, 0.2) is 41.3 Å². The summed E-state index contributed by atoms with van der Waals surface area (Å²) >= 11 is 0. The van der Waals surface area contributed by atoms with E-state index in [1.807, 2.05) is 17.7 Å². The van der Waals surface area contributed by atoms with E-state index < -0.39 is 44.8 Å². The summed E-state index contributed by atoms with van der Waals surface area (Å²) in [5.41, 5.74) is 1.45. The van der Waals surface area contributed by atoms with E-state index in [2.05, 4.69) is 5.32 Å². The second-order valence-corrected chi connectivity index (χ2v) is 6.86. The maximum absolute atomic E-state index is 13.6. The standard InChI is InChI=1S/C16H15F3N2O3S/c1-2-10-4-3-5-11(6-10)21-16(22)9-20-25(23,24)15-8-13(18)12(17)7-14(15)19/h3-8,20H,2,9H2,1H3,(H,21,22). The molecule has 0 heterocycles. The van der Waals surface area contributed by atoms with Crippen molar-refractivity contribution in [2.45, 2.75) is 18.2 Å². The summed E-state index contributed by atoms with van der Waals surface area (Å²) < 4.78 is 65.3. The molecule has 0 aliphatic heterocycles. The van der Waals surface area contributed by atoms with Crippen molar-refractivity contribution < 1.29 is 26.4 Å². The first-order chi connectivity index (χ1) is 11.7. The van der Waals surface area contributed by atoms with Crippen molar-refractivity contribution in [3.63, 3.8) is 0 Å². The highest BCUT2D eigenvalue weighted by Gasteiger charge is 2.22. The average molecular weight is 372 g/mol. The number of carbonyl (C=O) groups is 1. The van der Waals surface area contributed by atoms with Gasteiger partial charge in [0.25, 0.3) is 0 Å². The molecule has 0 unspecified atom stereocenters. The lowest BCUT2D eigenvalue weighted by Crippen LogP contribution is -2.33. The molecule has 1 amide bonds. The Hall–Kier alpha value is -2.39. The molecule has 2 rings (SSSR count). The first-order valence-corrected chi connectivity index (χ1v) is 8.74. The predicted octanol–water partition coefficient (Wildman–Crippen LogP) is 2.58. The van der Waals surface area contributed by atoms with Gasteiger partial charge >= 0.3 is 0 Å². The van der Waals surface area contributed by atoms with Gasteiger partial charge in [0.1, 0.15) is 10.7 Å². The smallest absolute Gasteiger partial charge is 0.244 e. The monoisotopic (exact) mass is 372 g/mol. The zero-order valence-corrected chi connectivity index (χ0v) is 14.0. The molecule has 0 aliphatic rings. The van der Waals surface area contributed by atoms with Gasteiger partial charge in [0.15, 0.2) is 11.6 Å². The van der Waals surface area contributed by atoms with Gasteiger partial charge in [0, 0.05) is 11.8 Å². The van der Waals surface area contributed by atoms with Gasteiger partial charge in [0.05, 0.1) is 6.54 Å². The van der Waals surface area contributed by atoms with E-state index in [0.717, 1.165) is 12.0 Å². The number of aryl methyl sites for hydroxylation is 1. The van der Waals surface area contributed by atoms with Gasteiger partial charge in [-0.3, -0.25) is 4.79 Å². The summed E-state index contributed by atoms with van der Waals surface area (Å²) in [6, 6.07) is 7.29. The third kappa shape index (κ3) is 4.80. The van der Waals surface area contributed by atoms with E-state index in [9.17, 15) is 26.4 Å². The van der Waals surface area contributed by atoms with Gasteiger partial charge in [-0.1, -0.05) is 19.1 Å². The minimum atomic E-state index is -4.52. The second-order valence-electron chi connectivity index (χ2n) is 5.12. The molecule has 2 aromatic carbocycles. The van der Waals surface area contributed by atoms with Crippen molar-refractivity contribution in [2.75, 3.05) is 11.9 Å². The summed E-state index contributed by atoms with van der Waals surface area (Å²) in [6.07, 6.45) is 0.756. The molecule has 0 bridgehead atoms. The number of hydrogen-bond donors (Lipinski definition) is 2. The average Bonchev–Trinajstić information content (AvgIpc) is 2.56. The van der Waals surface area contributed by atoms with Crippen LogP contribution in [0, 0.1) is 17.5 Å². The van der Waals surface area contributed by atoms with Crippen LogP contribution in [0.3, 0.4) is 0 Å². The number of benzene rings is 2. The SMILES string of the molecule is CCc1cccc(NC(=O)CNS(=O)(=O)c2cc(F)c(F)cc2F)c1. The number of hydrogen-bond acceptors (Lipinski definition) is 3. The number of carbonyl (C=O) groups excluding carboxylic acids is 1. The van der Waals surface area contributed by atoms with Crippen molar-refractivity contribution in [2.24, 2.45) is 0 Å². The summed E-state index contributed by atoms with van der Waals surface area (Å²) in [5, 5.41) is 2.48. The maximum atomic E-state index is 13.6. The van der Waals surface area contributed by atoms with E-state index in [0.29, 0.717) is 5.69 Å². The van der Waals surface area contributed by atoms with Crippen LogP contribution in [0.25, 0.3) is 0 Å². The molecule has 0 fully saturated rings. The molecule has 0 spiro atoms. The van der Waals surface area contributed by atoms with Crippen LogP contribution < -0.4 is 10.0 Å². The molecular weight excluding hydrogens is 357 g/mol. The molecule has 0 aliphatic carbocycles. The number of anilines is 1. The third-order valence-corrected chi connectivity index (χ3v) is 4.72. The zero-order chi connectivity index (χ0) is 18.6. The van der Waals surface area contributed by atoms with Crippen LogP contribution >= 0.6 is 0 Å². The van der Waals surface area contributed by atoms with Gasteiger partial charge in [-0.2, -0.15) is 0 Å². The molecule has 0 atom stereocenters. The zero-order valence-electron chi connectivity index (χ0n) is 13.1. The highest BCUT2D eigenvalue weighted by atomic mass is 32.2. The Morgan fingerprint density at radius 3 is 2.40 bits per heavy atom. The summed E-state index contributed by atoms with van der Waals surface area (Å²) in [4.78, 5) is 10.8. The fourth-order valence-electron chi connectivity index (χ4n) is 2.02. The molecule has 134 valence electrons. The number of nitrogens with one attached hydrogen (secondary N) is 2. The summed E-state index contributed by atoms with van der Waals surface area (Å²) in [6.45, 7) is 1.24. The largest absolute Gasteiger partial charge is 0.325 e. The maximum Gasteiger partial charge on any atom is 0.244 e. The first kappa shape index (κ1) is 18.9. The highest BCUT2D eigenvalue weighted by Crippen LogP contribution is 2.18. The Labute approximate surface area is 142 Å². The number of rotatable bonds is 6. The normalized spacial score (nSPS) is 11.4. The van der Waals surface area contributed by atoms with Crippen molar-refractivity contribution >= 4 is 21.6 Å². The van der Waals surface area contributed by atoms with Crippen molar-refractivity contribution in [3.8, 4) is 0 Å². The second kappa shape index (κ2) is 7.66. The van der Waals surface area contributed by atoms with Gasteiger partial charge < -0.3 is 5.32 Å². The van der Waals surface area contributed by atoms with Crippen LogP contribution in [0.5, 0.6) is 0 Å². The van der Waals surface area contributed by atoms with Gasteiger partial charge in [-0.15, -0.1) is 0 Å². The van der Waals surface area contributed by atoms with E-state index in [-0.39, 0.29) is 12.1 Å². The lowest BCUT2D eigenvalue weighted by molar-refractivity contribution is -0.115. The lowest BCUT2D eigenvalue weighted by atomic mass is 10.1. The predicted molar refractivity (Wildman–Crippen MR) is 86.0 cm³/mol. The van der Waals surface area contributed by atoms with Crippen LogP contribution in [0.1, 0.15) is 12.5 Å². The Bertz CT molecular complexity index is 901. The van der Waals surface area contributed by atoms with Crippen molar-refractivity contribution in [1.29, 1.82) is 0 Å². The van der Waals surface area contributed by atoms with E-state index in [1.54, 1.807) is 18.2 Å². The quantitative estimate of drug-likeness (QED) is 0.766. The molecule has 25 heavy (non-hydrogen) atoms. The van der Waals surface area contributed by atoms with Crippen molar-refractivity contribution in [3.05, 3.63) is 59.4 Å². The fraction of sp³-hybridized carbons (Fsp3) is 0.188. The van der Waals surface area contributed by atoms with Gasteiger partial charge in [0.2, 0.25) is 15.9 Å². The molecule has 0 radical (unpaired) electrons. The van der Waals surface area contributed by atoms with Gasteiger partial charge in [-0.25, -0.2) is 26.3 Å². The molecule has 0 aromatic heterocycles. The number of halogens is 3. The Kier molecular flexibility index (Phi) is 5.81. The summed E-state index contributed by atoms with van der Waals surface area (Å²) in [5.74, 6) is -5.17. The Morgan fingerprint density at radius 2 is 1.72 bits per heavy atom. The van der Waals surface area contributed by atoms with Crippen molar-refractivity contribution in [1.82, 2.24) is 4.72 Å². The van der Waals surface area contributed by atoms with Crippen LogP contribution in [0.2, 0.25) is 0 Å². The van der Waals surface area contributed by atoms with Gasteiger partial charge in [-0.05, 0) is 30.2 Å². The highest BCUT2D eigenvalue weighted by molar-refractivity contribution is 7.89. The Balaban J connectivity index is 2.06. The number of sulfonamides is 1. The topological polar surface area (TPSA) is 75.3 Å². The molecule has 2 aromatic rings. The molecule has 9 heteroatoms. The molecule has 5 nitrogen and oxygen atoms in total. The molecule has 0 saturated carbocycles. The Morgan fingerprint density at radius 1 is 1.04 bits per heavy atom. The summed E-state index contributed by atoms with van der Waals surface area (Å²) in [7, 11) is -4.52. The number of amides is 1. The van der Waals surface area contributed by atoms with Crippen LogP contribution in [0.4, 0.5) is 18.9 Å². The van der Waals surface area contributed by atoms with Crippen LogP contribution in [-0.2, 0) is 21.2 Å². The third-order valence-electron chi connectivity index (χ3n) is 3.31. The van der Waals surface area contributed by atoms with E-state index in [1.165, 1.54) is 0 Å². The molecular formula is C16H15F3N2O3S. The minimum Gasteiger partial charge on any atom is -0.325 e. The first-order valence-electron chi connectivity index (χ1n) is 7.26. The van der Waals surface area contributed by atoms with Crippen LogP contribution in [-0.4, -0.2) is 20.9 Å². The minimum absolute atomic E-state index is 0.125. The molecule has 0 saturated heterocycles. The molecule has 2 N–H and O–H groups in total. The van der Waals surface area contributed by atoms with E-state index in [4.69, 9.17) is 0 Å². The fourth-order valence-corrected chi connectivity index (χ4v) is 3.07. The lowest BCUT2D eigenvalue weighted by Gasteiger charge is -2.09.